The molecule has 0 aromatic heterocycles. The Kier molecular flexibility index (Phi) is 2.35. The van der Waals surface area contributed by atoms with Gasteiger partial charge in [-0.15, -0.1) is 0 Å². The maximum atomic E-state index is 10.3. The van der Waals surface area contributed by atoms with E-state index in [1.165, 1.54) is 11.1 Å². The van der Waals surface area contributed by atoms with Crippen molar-refractivity contribution in [2.24, 2.45) is 0 Å². The second-order valence-electron chi connectivity index (χ2n) is 3.50. The minimum Gasteiger partial charge on any atom is -0.487 e. The fourth-order valence-corrected chi connectivity index (χ4v) is 1.84. The molecule has 0 atom stereocenters. The predicted octanol–water partition coefficient (Wildman–Crippen LogP) is 1.88. The van der Waals surface area contributed by atoms with E-state index in [9.17, 15) is 4.79 Å². The van der Waals surface area contributed by atoms with Gasteiger partial charge in [0.25, 0.3) is 0 Å². The lowest BCUT2D eigenvalue weighted by molar-refractivity contribution is -0.108. The Morgan fingerprint density at radius 3 is 2.43 bits per heavy atom. The van der Waals surface area contributed by atoms with E-state index in [-0.39, 0.29) is 11.9 Å². The lowest BCUT2D eigenvalue weighted by Gasteiger charge is -2.10. The monoisotopic (exact) mass is 188 g/mol. The molecule has 0 heterocycles. The fourth-order valence-electron chi connectivity index (χ4n) is 1.84. The molecule has 0 amide bonds. The summed E-state index contributed by atoms with van der Waals surface area (Å²) in [6.45, 7) is 3.51. The van der Waals surface area contributed by atoms with Crippen LogP contribution in [-0.4, -0.2) is 12.4 Å². The molecule has 1 aliphatic carbocycles. The molecular formula is C12H12O2. The van der Waals surface area contributed by atoms with Crippen LogP contribution >= 0.6 is 0 Å². The first-order chi connectivity index (χ1) is 6.79. The average Bonchev–Trinajstić information content (AvgIpc) is 2.59. The van der Waals surface area contributed by atoms with E-state index >= 15 is 0 Å². The third-order valence-corrected chi connectivity index (χ3v) is 2.46. The van der Waals surface area contributed by atoms with Crippen LogP contribution in [0.15, 0.2) is 36.6 Å². The molecule has 1 aromatic rings. The summed E-state index contributed by atoms with van der Waals surface area (Å²) in [4.78, 5) is 10.3. The van der Waals surface area contributed by atoms with Gasteiger partial charge in [-0.05, 0) is 11.1 Å². The second-order valence-corrected chi connectivity index (χ2v) is 3.50. The summed E-state index contributed by atoms with van der Waals surface area (Å²) < 4.78 is 5.38. The van der Waals surface area contributed by atoms with Crippen molar-refractivity contribution < 1.29 is 9.53 Å². The van der Waals surface area contributed by atoms with Crippen molar-refractivity contribution in [2.75, 3.05) is 0 Å². The first-order valence-corrected chi connectivity index (χ1v) is 4.67. The molecule has 2 rings (SSSR count). The van der Waals surface area contributed by atoms with Crippen LogP contribution < -0.4 is 0 Å². The molecule has 0 radical (unpaired) electrons. The minimum absolute atomic E-state index is 0.0881. The quantitative estimate of drug-likeness (QED) is 0.411. The lowest BCUT2D eigenvalue weighted by atomic mass is 10.1. The molecule has 1 aliphatic rings. The van der Waals surface area contributed by atoms with Crippen molar-refractivity contribution in [3.05, 3.63) is 47.7 Å². The standard InChI is InChI=1S/C12H12O2/c1-9(8-13)14-12-6-10-4-2-3-5-11(10)7-12/h2-5,8,12H,1,6-7H2. The summed E-state index contributed by atoms with van der Waals surface area (Å²) >= 11 is 0. The molecule has 14 heavy (non-hydrogen) atoms. The summed E-state index contributed by atoms with van der Waals surface area (Å²) in [6, 6.07) is 8.25. The van der Waals surface area contributed by atoms with Crippen LogP contribution in [0.4, 0.5) is 0 Å². The van der Waals surface area contributed by atoms with Crippen molar-refractivity contribution >= 4 is 6.29 Å². The number of allylic oxidation sites excluding steroid dienone is 1. The van der Waals surface area contributed by atoms with E-state index in [1.54, 1.807) is 0 Å². The zero-order valence-electron chi connectivity index (χ0n) is 7.90. The third-order valence-electron chi connectivity index (χ3n) is 2.46. The number of ether oxygens (including phenoxy) is 1. The molecular weight excluding hydrogens is 176 g/mol. The fraction of sp³-hybridized carbons (Fsp3) is 0.250. The van der Waals surface area contributed by atoms with E-state index in [0.29, 0.717) is 6.29 Å². The molecule has 0 fully saturated rings. The van der Waals surface area contributed by atoms with E-state index in [0.717, 1.165) is 12.8 Å². The topological polar surface area (TPSA) is 26.3 Å². The van der Waals surface area contributed by atoms with Gasteiger partial charge < -0.3 is 4.74 Å². The van der Waals surface area contributed by atoms with Gasteiger partial charge >= 0.3 is 0 Å². The second kappa shape index (κ2) is 3.66. The normalized spacial score (nSPS) is 14.9. The molecule has 0 N–H and O–H groups in total. The highest BCUT2D eigenvalue weighted by atomic mass is 16.5. The van der Waals surface area contributed by atoms with Crippen LogP contribution in [0, 0.1) is 0 Å². The molecule has 2 nitrogen and oxygen atoms in total. The maximum Gasteiger partial charge on any atom is 0.184 e. The van der Waals surface area contributed by atoms with E-state index in [4.69, 9.17) is 4.74 Å². The van der Waals surface area contributed by atoms with Gasteiger partial charge in [-0.1, -0.05) is 30.8 Å². The van der Waals surface area contributed by atoms with Crippen molar-refractivity contribution in [1.29, 1.82) is 0 Å². The Morgan fingerprint density at radius 2 is 1.93 bits per heavy atom. The number of carbonyl (C=O) groups is 1. The van der Waals surface area contributed by atoms with E-state index in [2.05, 4.69) is 18.7 Å². The molecule has 0 saturated carbocycles. The van der Waals surface area contributed by atoms with Gasteiger partial charge in [0.15, 0.2) is 12.0 Å². The number of hydrogen-bond acceptors (Lipinski definition) is 2. The number of hydrogen-bond donors (Lipinski definition) is 0. The Labute approximate surface area is 83.2 Å². The summed E-state index contributed by atoms with van der Waals surface area (Å²) in [7, 11) is 0. The van der Waals surface area contributed by atoms with Gasteiger partial charge in [-0.2, -0.15) is 0 Å². The Balaban J connectivity index is 2.05. The van der Waals surface area contributed by atoms with Crippen LogP contribution in [0.1, 0.15) is 11.1 Å². The largest absolute Gasteiger partial charge is 0.487 e. The van der Waals surface area contributed by atoms with Crippen molar-refractivity contribution in [1.82, 2.24) is 0 Å². The summed E-state index contributed by atoms with van der Waals surface area (Å²) in [5.74, 6) is 0.225. The number of carbonyl (C=O) groups excluding carboxylic acids is 1. The Hall–Kier alpha value is -1.57. The highest BCUT2D eigenvalue weighted by molar-refractivity contribution is 5.69. The van der Waals surface area contributed by atoms with Crippen LogP contribution in [0.25, 0.3) is 0 Å². The van der Waals surface area contributed by atoms with E-state index < -0.39 is 0 Å². The zero-order chi connectivity index (χ0) is 9.97. The summed E-state index contributed by atoms with van der Waals surface area (Å²) in [5.41, 5.74) is 2.63. The summed E-state index contributed by atoms with van der Waals surface area (Å²) in [6.07, 6.45) is 2.50. The van der Waals surface area contributed by atoms with Gasteiger partial charge in [-0.3, -0.25) is 4.79 Å². The van der Waals surface area contributed by atoms with Gasteiger partial charge in [0.05, 0.1) is 0 Å². The van der Waals surface area contributed by atoms with Gasteiger partial charge in [0.2, 0.25) is 0 Å². The number of benzene rings is 1. The average molecular weight is 188 g/mol. The first-order valence-electron chi connectivity index (χ1n) is 4.67. The molecule has 0 unspecified atom stereocenters. The van der Waals surface area contributed by atoms with Crippen LogP contribution in [-0.2, 0) is 22.4 Å². The highest BCUT2D eigenvalue weighted by Gasteiger charge is 2.22. The van der Waals surface area contributed by atoms with Gasteiger partial charge in [0.1, 0.15) is 6.10 Å². The van der Waals surface area contributed by atoms with Crippen molar-refractivity contribution in [3.63, 3.8) is 0 Å². The van der Waals surface area contributed by atoms with Crippen LogP contribution in [0.2, 0.25) is 0 Å². The third kappa shape index (κ3) is 1.69. The van der Waals surface area contributed by atoms with Crippen molar-refractivity contribution in [3.8, 4) is 0 Å². The first kappa shape index (κ1) is 9.00. The molecule has 0 spiro atoms. The number of aldehydes is 1. The minimum atomic E-state index is 0.0881. The smallest absolute Gasteiger partial charge is 0.184 e. The highest BCUT2D eigenvalue weighted by Crippen LogP contribution is 2.24. The van der Waals surface area contributed by atoms with Crippen molar-refractivity contribution in [2.45, 2.75) is 18.9 Å². The van der Waals surface area contributed by atoms with E-state index in [1.807, 2.05) is 12.1 Å². The molecule has 0 aliphatic heterocycles. The molecule has 0 bridgehead atoms. The molecule has 2 heteroatoms. The van der Waals surface area contributed by atoms with Crippen LogP contribution in [0.5, 0.6) is 0 Å². The Bertz CT molecular complexity index is 343. The van der Waals surface area contributed by atoms with Gasteiger partial charge in [0, 0.05) is 12.8 Å². The molecule has 1 aromatic carbocycles. The van der Waals surface area contributed by atoms with Gasteiger partial charge in [-0.25, -0.2) is 0 Å². The Morgan fingerprint density at radius 1 is 1.36 bits per heavy atom. The number of rotatable bonds is 3. The van der Waals surface area contributed by atoms with Crippen LogP contribution in [0.3, 0.4) is 0 Å². The predicted molar refractivity (Wildman–Crippen MR) is 53.9 cm³/mol. The maximum absolute atomic E-state index is 10.3. The molecule has 0 saturated heterocycles. The zero-order valence-corrected chi connectivity index (χ0v) is 7.90. The lowest BCUT2D eigenvalue weighted by Crippen LogP contribution is -2.12. The summed E-state index contributed by atoms with van der Waals surface area (Å²) in [5, 5.41) is 0. The number of fused-ring (bicyclic) bond motifs is 1. The molecule has 72 valence electrons. The SMILES string of the molecule is C=C(C=O)OC1Cc2ccccc2C1.